The molecule has 0 spiro atoms. The van der Waals surface area contributed by atoms with Crippen LogP contribution in [0.15, 0.2) is 24.3 Å². The maximum atomic E-state index is 9.71. The Labute approximate surface area is 99.5 Å². The summed E-state index contributed by atoms with van der Waals surface area (Å²) in [5, 5.41) is 9.71. The SMILES string of the molecule is CCCCCc1ccc(CC(C)(C)O)cc1. The third kappa shape index (κ3) is 5.32. The quantitative estimate of drug-likeness (QED) is 0.724. The highest BCUT2D eigenvalue weighted by Crippen LogP contribution is 2.14. The van der Waals surface area contributed by atoms with E-state index in [4.69, 9.17) is 0 Å². The predicted molar refractivity (Wildman–Crippen MR) is 69.7 cm³/mol. The summed E-state index contributed by atoms with van der Waals surface area (Å²) in [5.74, 6) is 0. The maximum absolute atomic E-state index is 9.71. The molecule has 1 aromatic carbocycles. The Morgan fingerprint density at radius 1 is 1.00 bits per heavy atom. The summed E-state index contributed by atoms with van der Waals surface area (Å²) in [4.78, 5) is 0. The number of aliphatic hydroxyl groups is 1. The molecule has 1 heteroatoms. The average molecular weight is 220 g/mol. The lowest BCUT2D eigenvalue weighted by Crippen LogP contribution is -2.21. The minimum Gasteiger partial charge on any atom is -0.390 e. The number of rotatable bonds is 6. The lowest BCUT2D eigenvalue weighted by atomic mass is 9.97. The first kappa shape index (κ1) is 13.2. The van der Waals surface area contributed by atoms with Crippen LogP contribution in [0.5, 0.6) is 0 Å². The van der Waals surface area contributed by atoms with Crippen LogP contribution >= 0.6 is 0 Å². The Morgan fingerprint density at radius 3 is 2.06 bits per heavy atom. The van der Waals surface area contributed by atoms with Gasteiger partial charge in [0, 0.05) is 6.42 Å². The summed E-state index contributed by atoms with van der Waals surface area (Å²) >= 11 is 0. The zero-order valence-corrected chi connectivity index (χ0v) is 10.8. The van der Waals surface area contributed by atoms with Crippen molar-refractivity contribution in [1.29, 1.82) is 0 Å². The molecule has 1 nitrogen and oxygen atoms in total. The van der Waals surface area contributed by atoms with E-state index in [0.717, 1.165) is 6.42 Å². The fraction of sp³-hybridized carbons (Fsp3) is 0.600. The number of unbranched alkanes of at least 4 members (excludes halogenated alkanes) is 2. The molecule has 90 valence electrons. The summed E-state index contributed by atoms with van der Waals surface area (Å²) in [7, 11) is 0. The van der Waals surface area contributed by atoms with E-state index in [-0.39, 0.29) is 0 Å². The van der Waals surface area contributed by atoms with Crippen molar-refractivity contribution in [3.63, 3.8) is 0 Å². The van der Waals surface area contributed by atoms with Gasteiger partial charge in [0.05, 0.1) is 5.60 Å². The van der Waals surface area contributed by atoms with Crippen molar-refractivity contribution in [2.24, 2.45) is 0 Å². The first-order chi connectivity index (χ1) is 7.51. The zero-order valence-electron chi connectivity index (χ0n) is 10.8. The minimum absolute atomic E-state index is 0.607. The molecule has 0 radical (unpaired) electrons. The van der Waals surface area contributed by atoms with Gasteiger partial charge in [-0.15, -0.1) is 0 Å². The van der Waals surface area contributed by atoms with Gasteiger partial charge in [0.15, 0.2) is 0 Å². The van der Waals surface area contributed by atoms with Crippen molar-refractivity contribution < 1.29 is 5.11 Å². The Balaban J connectivity index is 2.48. The largest absolute Gasteiger partial charge is 0.390 e. The van der Waals surface area contributed by atoms with Crippen molar-refractivity contribution in [3.05, 3.63) is 35.4 Å². The zero-order chi connectivity index (χ0) is 12.0. The van der Waals surface area contributed by atoms with Crippen LogP contribution in [0.1, 0.15) is 51.2 Å². The highest BCUT2D eigenvalue weighted by atomic mass is 16.3. The van der Waals surface area contributed by atoms with E-state index < -0.39 is 5.60 Å². The van der Waals surface area contributed by atoms with Crippen molar-refractivity contribution in [3.8, 4) is 0 Å². The Morgan fingerprint density at radius 2 is 1.56 bits per heavy atom. The second kappa shape index (κ2) is 6.05. The highest BCUT2D eigenvalue weighted by molar-refractivity contribution is 5.23. The van der Waals surface area contributed by atoms with Crippen molar-refractivity contribution in [1.82, 2.24) is 0 Å². The summed E-state index contributed by atoms with van der Waals surface area (Å²) in [6.45, 7) is 5.93. The number of hydrogen-bond acceptors (Lipinski definition) is 1. The standard InChI is InChI=1S/C15H24O/c1-4-5-6-7-13-8-10-14(11-9-13)12-15(2,3)16/h8-11,16H,4-7,12H2,1-3H3. The molecule has 0 atom stereocenters. The summed E-state index contributed by atoms with van der Waals surface area (Å²) in [5.41, 5.74) is 2.02. The van der Waals surface area contributed by atoms with E-state index >= 15 is 0 Å². The van der Waals surface area contributed by atoms with Crippen molar-refractivity contribution in [2.75, 3.05) is 0 Å². The van der Waals surface area contributed by atoms with Crippen LogP contribution in [-0.4, -0.2) is 10.7 Å². The van der Waals surface area contributed by atoms with Gasteiger partial charge in [-0.3, -0.25) is 0 Å². The maximum Gasteiger partial charge on any atom is 0.0631 e. The molecule has 16 heavy (non-hydrogen) atoms. The van der Waals surface area contributed by atoms with Crippen molar-refractivity contribution >= 4 is 0 Å². The number of aryl methyl sites for hydroxylation is 1. The molecule has 0 aliphatic rings. The summed E-state index contributed by atoms with van der Waals surface area (Å²) in [6, 6.07) is 8.66. The van der Waals surface area contributed by atoms with Gasteiger partial charge in [-0.2, -0.15) is 0 Å². The topological polar surface area (TPSA) is 20.2 Å². The molecule has 1 aromatic rings. The van der Waals surface area contributed by atoms with Crippen LogP contribution in [0.4, 0.5) is 0 Å². The minimum atomic E-state index is -0.607. The van der Waals surface area contributed by atoms with Gasteiger partial charge >= 0.3 is 0 Å². The van der Waals surface area contributed by atoms with Crippen LogP contribution in [0.3, 0.4) is 0 Å². The van der Waals surface area contributed by atoms with Gasteiger partial charge in [-0.1, -0.05) is 44.0 Å². The molecule has 0 aliphatic carbocycles. The second-order valence-electron chi connectivity index (χ2n) is 5.26. The molecule has 1 rings (SSSR count). The molecule has 1 N–H and O–H groups in total. The van der Waals surface area contributed by atoms with Gasteiger partial charge in [-0.25, -0.2) is 0 Å². The van der Waals surface area contributed by atoms with E-state index in [0.29, 0.717) is 0 Å². The summed E-state index contributed by atoms with van der Waals surface area (Å²) in [6.07, 6.45) is 5.77. The van der Waals surface area contributed by atoms with Gasteiger partial charge in [0.2, 0.25) is 0 Å². The fourth-order valence-electron chi connectivity index (χ4n) is 1.90. The van der Waals surface area contributed by atoms with Crippen LogP contribution in [0.25, 0.3) is 0 Å². The van der Waals surface area contributed by atoms with E-state index in [1.165, 1.54) is 36.8 Å². The van der Waals surface area contributed by atoms with E-state index in [9.17, 15) is 5.11 Å². The van der Waals surface area contributed by atoms with Crippen LogP contribution in [0.2, 0.25) is 0 Å². The Kier molecular flexibility index (Phi) is 5.01. The molecule has 0 heterocycles. The molecule has 0 fully saturated rings. The number of hydrogen-bond donors (Lipinski definition) is 1. The van der Waals surface area contributed by atoms with Gasteiger partial charge in [0.1, 0.15) is 0 Å². The molecular formula is C15H24O. The Hall–Kier alpha value is -0.820. The molecule has 0 bridgehead atoms. The van der Waals surface area contributed by atoms with Gasteiger partial charge in [-0.05, 0) is 37.8 Å². The van der Waals surface area contributed by atoms with Crippen LogP contribution in [-0.2, 0) is 12.8 Å². The average Bonchev–Trinajstić information content (AvgIpc) is 2.19. The number of benzene rings is 1. The lowest BCUT2D eigenvalue weighted by Gasteiger charge is -2.17. The Bertz CT molecular complexity index is 292. The van der Waals surface area contributed by atoms with E-state index in [1.807, 2.05) is 13.8 Å². The van der Waals surface area contributed by atoms with Gasteiger partial charge in [0.25, 0.3) is 0 Å². The fourth-order valence-corrected chi connectivity index (χ4v) is 1.90. The molecule has 0 aliphatic heterocycles. The van der Waals surface area contributed by atoms with E-state index in [1.54, 1.807) is 0 Å². The van der Waals surface area contributed by atoms with Gasteiger partial charge < -0.3 is 5.11 Å². The van der Waals surface area contributed by atoms with E-state index in [2.05, 4.69) is 31.2 Å². The molecule has 0 unspecified atom stereocenters. The monoisotopic (exact) mass is 220 g/mol. The van der Waals surface area contributed by atoms with Crippen LogP contribution in [0, 0.1) is 0 Å². The third-order valence-electron chi connectivity index (χ3n) is 2.73. The predicted octanol–water partition coefficient (Wildman–Crippen LogP) is 3.73. The molecule has 0 aromatic heterocycles. The summed E-state index contributed by atoms with van der Waals surface area (Å²) < 4.78 is 0. The first-order valence-corrected chi connectivity index (χ1v) is 6.31. The van der Waals surface area contributed by atoms with Crippen molar-refractivity contribution in [2.45, 2.75) is 58.5 Å². The molecule has 0 saturated heterocycles. The normalized spacial score (nSPS) is 11.8. The molecule has 0 saturated carbocycles. The third-order valence-corrected chi connectivity index (χ3v) is 2.73. The molecule has 0 amide bonds. The second-order valence-corrected chi connectivity index (χ2v) is 5.26. The molecular weight excluding hydrogens is 196 g/mol. The smallest absolute Gasteiger partial charge is 0.0631 e. The lowest BCUT2D eigenvalue weighted by molar-refractivity contribution is 0.0810. The van der Waals surface area contributed by atoms with Crippen LogP contribution < -0.4 is 0 Å². The first-order valence-electron chi connectivity index (χ1n) is 6.31. The highest BCUT2D eigenvalue weighted by Gasteiger charge is 2.12.